The minimum Gasteiger partial charge on any atom is -0.332 e. The van der Waals surface area contributed by atoms with Gasteiger partial charge in [-0.2, -0.15) is 0 Å². The molecule has 3 heterocycles. The summed E-state index contributed by atoms with van der Waals surface area (Å²) < 4.78 is 5.04. The van der Waals surface area contributed by atoms with Gasteiger partial charge in [0.1, 0.15) is 0 Å². The summed E-state index contributed by atoms with van der Waals surface area (Å²) in [6.45, 7) is 7.22. The van der Waals surface area contributed by atoms with Crippen LogP contribution in [0.2, 0.25) is 0 Å². The van der Waals surface area contributed by atoms with Crippen LogP contribution in [-0.2, 0) is 11.8 Å². The van der Waals surface area contributed by atoms with E-state index in [9.17, 15) is 0 Å². The number of aromatic nitrogens is 4. The molecule has 0 N–H and O–H groups in total. The van der Waals surface area contributed by atoms with Gasteiger partial charge >= 0.3 is 0 Å². The van der Waals surface area contributed by atoms with E-state index >= 15 is 0 Å². The van der Waals surface area contributed by atoms with E-state index in [0.29, 0.717) is 5.92 Å². The second kappa shape index (κ2) is 8.42. The molecule has 0 saturated carbocycles. The Balaban J connectivity index is 1.43. The van der Waals surface area contributed by atoms with Gasteiger partial charge in [0.15, 0.2) is 0 Å². The molecule has 204 valence electrons. The Hall–Kier alpha value is -4.70. The second-order valence-corrected chi connectivity index (χ2v) is 12.8. The zero-order chi connectivity index (χ0) is 28.2. The van der Waals surface area contributed by atoms with E-state index in [1.54, 1.807) is 0 Å². The van der Waals surface area contributed by atoms with Crippen LogP contribution in [0.5, 0.6) is 0 Å². The van der Waals surface area contributed by atoms with Crippen molar-refractivity contribution in [1.29, 1.82) is 0 Å². The lowest BCUT2D eigenvalue weighted by Gasteiger charge is -2.32. The summed E-state index contributed by atoms with van der Waals surface area (Å²) in [4.78, 5) is 9.45. The number of hydrogen-bond donors (Lipinski definition) is 0. The molecule has 9 rings (SSSR count). The Kier molecular flexibility index (Phi) is 4.80. The predicted molar refractivity (Wildman–Crippen MR) is 171 cm³/mol. The molecule has 0 saturated heterocycles. The molecule has 2 atom stereocenters. The maximum atomic E-state index is 4.73. The SMILES string of the molecule is CC1Cc2c(c3ccccc3n2-c2ncccn2)C(n2c3ccccc3c3ccc4c(c32)C(C)(C)c2ccccc2-4)C1. The first-order valence-corrected chi connectivity index (χ1v) is 15.1. The third-order valence-corrected chi connectivity index (χ3v) is 9.97. The quantitative estimate of drug-likeness (QED) is 0.218. The summed E-state index contributed by atoms with van der Waals surface area (Å²) in [7, 11) is 0. The van der Waals surface area contributed by atoms with Crippen molar-refractivity contribution in [2.75, 3.05) is 0 Å². The minimum atomic E-state index is -0.105. The fourth-order valence-electron chi connectivity index (χ4n) is 8.34. The van der Waals surface area contributed by atoms with Crippen LogP contribution < -0.4 is 0 Å². The first-order valence-electron chi connectivity index (χ1n) is 15.1. The van der Waals surface area contributed by atoms with Crippen LogP contribution in [0, 0.1) is 5.92 Å². The van der Waals surface area contributed by atoms with Gasteiger partial charge in [0.25, 0.3) is 0 Å². The smallest absolute Gasteiger partial charge is 0.234 e. The van der Waals surface area contributed by atoms with E-state index in [4.69, 9.17) is 9.97 Å². The van der Waals surface area contributed by atoms with Crippen molar-refractivity contribution in [2.24, 2.45) is 5.92 Å². The highest BCUT2D eigenvalue weighted by molar-refractivity contribution is 6.12. The van der Waals surface area contributed by atoms with E-state index in [2.05, 4.69) is 115 Å². The lowest BCUT2D eigenvalue weighted by Crippen LogP contribution is -2.24. The molecule has 4 nitrogen and oxygen atoms in total. The molecule has 4 heteroatoms. The summed E-state index contributed by atoms with van der Waals surface area (Å²) in [6, 6.07) is 33.7. The van der Waals surface area contributed by atoms with Gasteiger partial charge < -0.3 is 4.57 Å². The first kappa shape index (κ1) is 24.0. The number of hydrogen-bond acceptors (Lipinski definition) is 2. The van der Waals surface area contributed by atoms with Crippen LogP contribution in [0.25, 0.3) is 49.8 Å². The van der Waals surface area contributed by atoms with E-state index in [0.717, 1.165) is 18.8 Å². The van der Waals surface area contributed by atoms with E-state index in [1.165, 1.54) is 66.2 Å². The zero-order valence-electron chi connectivity index (χ0n) is 24.2. The van der Waals surface area contributed by atoms with Crippen molar-refractivity contribution in [1.82, 2.24) is 19.1 Å². The molecular formula is C38H32N4. The maximum absolute atomic E-state index is 4.73. The van der Waals surface area contributed by atoms with Crippen LogP contribution in [0.3, 0.4) is 0 Å². The van der Waals surface area contributed by atoms with Crippen molar-refractivity contribution in [3.8, 4) is 17.1 Å². The summed E-state index contributed by atoms with van der Waals surface area (Å²) in [6.07, 6.45) is 5.79. The average molecular weight is 545 g/mol. The molecular weight excluding hydrogens is 512 g/mol. The lowest BCUT2D eigenvalue weighted by atomic mass is 9.80. The molecule has 0 aliphatic heterocycles. The van der Waals surface area contributed by atoms with Crippen molar-refractivity contribution < 1.29 is 0 Å². The fraction of sp³-hybridized carbons (Fsp3) is 0.211. The predicted octanol–water partition coefficient (Wildman–Crippen LogP) is 9.01. The highest BCUT2D eigenvalue weighted by Crippen LogP contribution is 2.54. The van der Waals surface area contributed by atoms with Gasteiger partial charge in [-0.05, 0) is 59.2 Å². The molecule has 0 bridgehead atoms. The fourth-order valence-corrected chi connectivity index (χ4v) is 8.34. The number of nitrogens with zero attached hydrogens (tertiary/aromatic N) is 4. The maximum Gasteiger partial charge on any atom is 0.234 e. The molecule has 0 fully saturated rings. The normalized spacial score (nSPS) is 18.8. The third kappa shape index (κ3) is 3.02. The van der Waals surface area contributed by atoms with Gasteiger partial charge in [0.05, 0.1) is 17.1 Å². The van der Waals surface area contributed by atoms with Gasteiger partial charge in [0, 0.05) is 50.7 Å². The average Bonchev–Trinajstić information content (AvgIpc) is 3.61. The molecule has 0 radical (unpaired) electrons. The standard InChI is InChI=1S/C38H32N4/c1-23-21-32(34-28-13-6-9-16-31(28)42(33(34)22-23)37-39-19-10-20-40-37)41-30-15-8-5-12-25(30)27-18-17-26-24-11-4-7-14-29(24)38(2,3)35(26)36(27)41/h4-20,23,32H,21-22H2,1-3H3. The largest absolute Gasteiger partial charge is 0.332 e. The van der Waals surface area contributed by atoms with E-state index in [-0.39, 0.29) is 11.5 Å². The Bertz CT molecular complexity index is 2200. The Morgan fingerprint density at radius 3 is 2.26 bits per heavy atom. The van der Waals surface area contributed by atoms with Gasteiger partial charge in [0.2, 0.25) is 5.95 Å². The number of fused-ring (bicyclic) bond motifs is 10. The second-order valence-electron chi connectivity index (χ2n) is 12.8. The molecule has 2 aliphatic rings. The van der Waals surface area contributed by atoms with Gasteiger partial charge in [-0.15, -0.1) is 0 Å². The lowest BCUT2D eigenvalue weighted by molar-refractivity contribution is 0.402. The molecule has 42 heavy (non-hydrogen) atoms. The molecule has 7 aromatic rings. The molecule has 2 unspecified atom stereocenters. The summed E-state index contributed by atoms with van der Waals surface area (Å²) in [5.41, 5.74) is 12.1. The van der Waals surface area contributed by atoms with Crippen molar-refractivity contribution in [3.63, 3.8) is 0 Å². The molecule has 3 aromatic heterocycles. The summed E-state index contributed by atoms with van der Waals surface area (Å²) in [5.74, 6) is 1.26. The topological polar surface area (TPSA) is 35.6 Å². The van der Waals surface area contributed by atoms with Crippen LogP contribution in [0.1, 0.15) is 55.6 Å². The Morgan fingerprint density at radius 2 is 1.43 bits per heavy atom. The minimum absolute atomic E-state index is 0.105. The van der Waals surface area contributed by atoms with Crippen LogP contribution in [-0.4, -0.2) is 19.1 Å². The molecule has 0 spiro atoms. The van der Waals surface area contributed by atoms with Crippen LogP contribution in [0.15, 0.2) is 103 Å². The number of rotatable bonds is 2. The van der Waals surface area contributed by atoms with Crippen LogP contribution >= 0.6 is 0 Å². The van der Waals surface area contributed by atoms with Gasteiger partial charge in [-0.1, -0.05) is 93.6 Å². The monoisotopic (exact) mass is 544 g/mol. The van der Waals surface area contributed by atoms with Crippen molar-refractivity contribution >= 4 is 32.7 Å². The van der Waals surface area contributed by atoms with Crippen molar-refractivity contribution in [3.05, 3.63) is 126 Å². The van der Waals surface area contributed by atoms with Gasteiger partial charge in [-0.25, -0.2) is 9.97 Å². The Morgan fingerprint density at radius 1 is 0.714 bits per heavy atom. The first-order chi connectivity index (χ1) is 20.5. The number of benzene rings is 4. The highest BCUT2D eigenvalue weighted by atomic mass is 15.2. The highest BCUT2D eigenvalue weighted by Gasteiger charge is 2.40. The summed E-state index contributed by atoms with van der Waals surface area (Å²) in [5, 5.41) is 3.98. The van der Waals surface area contributed by atoms with Crippen LogP contribution in [0.4, 0.5) is 0 Å². The molecule has 0 amide bonds. The Labute approximate surface area is 245 Å². The molecule has 2 aliphatic carbocycles. The zero-order valence-corrected chi connectivity index (χ0v) is 24.2. The molecule has 4 aromatic carbocycles. The van der Waals surface area contributed by atoms with E-state index < -0.39 is 0 Å². The number of para-hydroxylation sites is 2. The third-order valence-electron chi connectivity index (χ3n) is 9.97. The van der Waals surface area contributed by atoms with Gasteiger partial charge in [-0.3, -0.25) is 4.57 Å². The summed E-state index contributed by atoms with van der Waals surface area (Å²) >= 11 is 0. The van der Waals surface area contributed by atoms with E-state index in [1.807, 2.05) is 18.5 Å². The van der Waals surface area contributed by atoms with Crippen molar-refractivity contribution in [2.45, 2.75) is 45.1 Å².